The summed E-state index contributed by atoms with van der Waals surface area (Å²) in [6.45, 7) is 10.0. The fraction of sp³-hybridized carbons (Fsp3) is 0.952. The van der Waals surface area contributed by atoms with Crippen LogP contribution < -0.4 is 10.6 Å². The van der Waals surface area contributed by atoms with Crippen molar-refractivity contribution in [3.63, 3.8) is 0 Å². The second kappa shape index (κ2) is 10.9. The molecule has 0 radical (unpaired) electrons. The average Bonchev–Trinajstić information content (AvgIpc) is 3.18. The number of rotatable bonds is 8. The lowest BCUT2D eigenvalue weighted by molar-refractivity contribution is 0.104. The Morgan fingerprint density at radius 3 is 2.44 bits per heavy atom. The van der Waals surface area contributed by atoms with Gasteiger partial charge in [0.15, 0.2) is 0 Å². The van der Waals surface area contributed by atoms with Crippen molar-refractivity contribution in [2.45, 2.75) is 63.8 Å². The third kappa shape index (κ3) is 6.53. The summed E-state index contributed by atoms with van der Waals surface area (Å²) < 4.78 is 0. The molecule has 0 bridgehead atoms. The van der Waals surface area contributed by atoms with Gasteiger partial charge in [-0.05, 0) is 64.1 Å². The van der Waals surface area contributed by atoms with Crippen molar-refractivity contribution >= 4 is 17.8 Å². The molecule has 27 heavy (non-hydrogen) atoms. The first-order valence-corrected chi connectivity index (χ1v) is 12.4. The Hall–Kier alpha value is -0.460. The van der Waals surface area contributed by atoms with Gasteiger partial charge in [-0.1, -0.05) is 19.8 Å². The van der Waals surface area contributed by atoms with Crippen LogP contribution in [0.3, 0.4) is 0 Å². The van der Waals surface area contributed by atoms with Gasteiger partial charge in [-0.2, -0.15) is 11.8 Å². The number of hydrogen-bond acceptors (Lipinski definition) is 4. The summed E-state index contributed by atoms with van der Waals surface area (Å²) in [5.74, 6) is 3.38. The molecule has 0 aromatic carbocycles. The Kier molecular flexibility index (Phi) is 8.59. The predicted octanol–water partition coefficient (Wildman–Crippen LogP) is 3.16. The third-order valence-corrected chi connectivity index (χ3v) is 7.80. The van der Waals surface area contributed by atoms with Gasteiger partial charge in [0.05, 0.1) is 0 Å². The molecule has 5 nitrogen and oxygen atoms in total. The van der Waals surface area contributed by atoms with E-state index in [2.05, 4.69) is 39.1 Å². The van der Waals surface area contributed by atoms with Crippen LogP contribution in [0.4, 0.5) is 4.79 Å². The van der Waals surface area contributed by atoms with Gasteiger partial charge in [0.25, 0.3) is 0 Å². The zero-order valence-electron chi connectivity index (χ0n) is 17.3. The molecule has 0 spiro atoms. The molecule has 0 aromatic rings. The zero-order chi connectivity index (χ0) is 19.0. The van der Waals surface area contributed by atoms with Crippen LogP contribution in [0.25, 0.3) is 0 Å². The van der Waals surface area contributed by atoms with E-state index in [0.29, 0.717) is 0 Å². The number of amides is 2. The lowest BCUT2D eigenvalue weighted by atomic mass is 9.94. The lowest BCUT2D eigenvalue weighted by Gasteiger charge is -2.43. The molecule has 2 amide bonds. The normalized spacial score (nSPS) is 24.8. The molecule has 0 unspecified atom stereocenters. The number of carbonyl (C=O) groups is 1. The van der Waals surface area contributed by atoms with Crippen LogP contribution in [0.1, 0.15) is 58.3 Å². The van der Waals surface area contributed by atoms with Crippen LogP contribution in [0.5, 0.6) is 0 Å². The molecule has 2 heterocycles. The van der Waals surface area contributed by atoms with Crippen molar-refractivity contribution in [1.29, 1.82) is 0 Å². The largest absolute Gasteiger partial charge is 0.338 e. The van der Waals surface area contributed by atoms with Crippen LogP contribution >= 0.6 is 11.8 Å². The van der Waals surface area contributed by atoms with Gasteiger partial charge >= 0.3 is 6.03 Å². The van der Waals surface area contributed by atoms with Crippen molar-refractivity contribution in [2.24, 2.45) is 5.92 Å². The standard InChI is InChI=1S/C21H40N4OS/c1-19-6-12-24(13-7-19)11-5-4-10-22-20(26)23-18-21(8-2-3-9-21)25-14-16-27-17-15-25/h19H,2-18H2,1H3,(H2,22,23,26). The molecular formula is C21H40N4OS. The fourth-order valence-corrected chi connectivity index (χ4v) is 5.83. The van der Waals surface area contributed by atoms with Crippen molar-refractivity contribution < 1.29 is 4.79 Å². The van der Waals surface area contributed by atoms with Crippen molar-refractivity contribution in [1.82, 2.24) is 20.4 Å². The smallest absolute Gasteiger partial charge is 0.314 e. The molecule has 1 saturated carbocycles. The van der Waals surface area contributed by atoms with Gasteiger partial charge in [0.2, 0.25) is 0 Å². The minimum atomic E-state index is 0.0273. The highest BCUT2D eigenvalue weighted by Gasteiger charge is 2.40. The van der Waals surface area contributed by atoms with E-state index in [9.17, 15) is 4.79 Å². The fourth-order valence-electron chi connectivity index (χ4n) is 4.93. The highest BCUT2D eigenvalue weighted by molar-refractivity contribution is 7.99. The summed E-state index contributed by atoms with van der Waals surface area (Å²) in [7, 11) is 0. The number of unbranched alkanes of at least 4 members (excludes halogenated alkanes) is 1. The molecule has 3 fully saturated rings. The molecule has 0 aromatic heterocycles. The highest BCUT2D eigenvalue weighted by atomic mass is 32.2. The van der Waals surface area contributed by atoms with Gasteiger partial charge in [-0.3, -0.25) is 4.90 Å². The van der Waals surface area contributed by atoms with Crippen molar-refractivity contribution in [3.8, 4) is 0 Å². The quantitative estimate of drug-likeness (QED) is 0.619. The van der Waals surface area contributed by atoms with Gasteiger partial charge < -0.3 is 15.5 Å². The van der Waals surface area contributed by atoms with Crippen molar-refractivity contribution in [2.75, 3.05) is 57.3 Å². The third-order valence-electron chi connectivity index (χ3n) is 6.86. The maximum Gasteiger partial charge on any atom is 0.314 e. The van der Waals surface area contributed by atoms with Crippen LogP contribution in [0.2, 0.25) is 0 Å². The number of piperidine rings is 1. The van der Waals surface area contributed by atoms with Crippen LogP contribution in [0, 0.1) is 5.92 Å². The summed E-state index contributed by atoms with van der Waals surface area (Å²) in [5, 5.41) is 6.28. The summed E-state index contributed by atoms with van der Waals surface area (Å²) in [6.07, 6.45) is 10.1. The van der Waals surface area contributed by atoms with Crippen LogP contribution in [0.15, 0.2) is 0 Å². The zero-order valence-corrected chi connectivity index (χ0v) is 18.1. The molecule has 2 aliphatic heterocycles. The van der Waals surface area contributed by atoms with Gasteiger partial charge in [0.1, 0.15) is 0 Å². The van der Waals surface area contributed by atoms with E-state index < -0.39 is 0 Å². The molecule has 0 atom stereocenters. The Bertz CT molecular complexity index is 441. The number of nitrogens with one attached hydrogen (secondary N) is 2. The predicted molar refractivity (Wildman–Crippen MR) is 116 cm³/mol. The Labute approximate surface area is 170 Å². The van der Waals surface area contributed by atoms with E-state index in [0.717, 1.165) is 25.4 Å². The molecule has 2 N–H and O–H groups in total. The monoisotopic (exact) mass is 396 g/mol. The van der Waals surface area contributed by atoms with Gasteiger partial charge in [-0.15, -0.1) is 0 Å². The topological polar surface area (TPSA) is 47.6 Å². The molecule has 6 heteroatoms. The number of nitrogens with zero attached hydrogens (tertiary/aromatic N) is 2. The first-order valence-electron chi connectivity index (χ1n) is 11.2. The maximum atomic E-state index is 12.3. The van der Waals surface area contributed by atoms with Crippen LogP contribution in [-0.2, 0) is 0 Å². The first kappa shape index (κ1) is 21.3. The molecule has 2 saturated heterocycles. The Balaban J connectivity index is 1.28. The SMILES string of the molecule is CC1CCN(CCCCNC(=O)NCC2(N3CCSCC3)CCCC2)CC1. The lowest BCUT2D eigenvalue weighted by Crippen LogP contribution is -2.57. The summed E-state index contributed by atoms with van der Waals surface area (Å²) in [6, 6.07) is 0.0273. The second-order valence-corrected chi connectivity index (χ2v) is 10.1. The number of urea groups is 1. The van der Waals surface area contributed by atoms with E-state index >= 15 is 0 Å². The van der Waals surface area contributed by atoms with E-state index in [1.807, 2.05) is 0 Å². The summed E-state index contributed by atoms with van der Waals surface area (Å²) in [5.41, 5.74) is 0.226. The molecule has 156 valence electrons. The van der Waals surface area contributed by atoms with Crippen molar-refractivity contribution in [3.05, 3.63) is 0 Å². The molecule has 3 aliphatic rings. The van der Waals surface area contributed by atoms with E-state index in [1.165, 1.54) is 89.2 Å². The number of carbonyl (C=O) groups excluding carboxylic acids is 1. The molecular weight excluding hydrogens is 356 g/mol. The van der Waals surface area contributed by atoms with Crippen LogP contribution in [-0.4, -0.2) is 78.7 Å². The molecule has 3 rings (SSSR count). The summed E-state index contributed by atoms with van der Waals surface area (Å²) >= 11 is 2.06. The summed E-state index contributed by atoms with van der Waals surface area (Å²) in [4.78, 5) is 17.5. The van der Waals surface area contributed by atoms with Gasteiger partial charge in [-0.25, -0.2) is 4.79 Å². The van der Waals surface area contributed by atoms with E-state index in [4.69, 9.17) is 0 Å². The number of likely N-dealkylation sites (tertiary alicyclic amines) is 1. The minimum absolute atomic E-state index is 0.0273. The average molecular weight is 397 g/mol. The van der Waals surface area contributed by atoms with E-state index in [-0.39, 0.29) is 11.6 Å². The first-order chi connectivity index (χ1) is 13.2. The molecule has 1 aliphatic carbocycles. The van der Waals surface area contributed by atoms with E-state index in [1.54, 1.807) is 0 Å². The Morgan fingerprint density at radius 2 is 1.74 bits per heavy atom. The highest BCUT2D eigenvalue weighted by Crippen LogP contribution is 2.36. The second-order valence-electron chi connectivity index (χ2n) is 8.87. The maximum absolute atomic E-state index is 12.3. The number of hydrogen-bond donors (Lipinski definition) is 2. The van der Waals surface area contributed by atoms with Gasteiger partial charge in [0, 0.05) is 43.2 Å². The minimum Gasteiger partial charge on any atom is -0.338 e. The number of thioether (sulfide) groups is 1. The Morgan fingerprint density at radius 1 is 1.04 bits per heavy atom.